The molecular weight excluding hydrogens is 260 g/mol. The number of carboxylic acids is 1. The van der Waals surface area contributed by atoms with Crippen molar-refractivity contribution >= 4 is 29.3 Å². The molecular formula is C9H8N4O2S2. The molecule has 0 saturated heterocycles. The van der Waals surface area contributed by atoms with Crippen LogP contribution in [-0.2, 0) is 6.42 Å². The lowest BCUT2D eigenvalue weighted by atomic mass is 10.5. The van der Waals surface area contributed by atoms with E-state index in [9.17, 15) is 4.79 Å². The molecule has 0 aliphatic carbocycles. The largest absolute Gasteiger partial charge is 0.476 e. The first-order valence-corrected chi connectivity index (χ1v) is 6.34. The summed E-state index contributed by atoms with van der Waals surface area (Å²) < 4.78 is 4.87. The van der Waals surface area contributed by atoms with Crippen LogP contribution in [0.3, 0.4) is 0 Å². The third kappa shape index (κ3) is 2.98. The third-order valence-corrected chi connectivity index (χ3v) is 3.48. The van der Waals surface area contributed by atoms with Crippen LogP contribution in [0.5, 0.6) is 0 Å². The van der Waals surface area contributed by atoms with Crippen LogP contribution in [0.15, 0.2) is 21.8 Å². The molecule has 2 aromatic heterocycles. The lowest BCUT2D eigenvalue weighted by molar-refractivity contribution is 0.0689. The summed E-state index contributed by atoms with van der Waals surface area (Å²) in [6.45, 7) is 1.97. The summed E-state index contributed by atoms with van der Waals surface area (Å²) in [6.07, 6.45) is 3.49. The van der Waals surface area contributed by atoms with E-state index in [0.29, 0.717) is 5.03 Å². The summed E-state index contributed by atoms with van der Waals surface area (Å²) >= 11 is 2.53. The van der Waals surface area contributed by atoms with E-state index in [1.165, 1.54) is 35.7 Å². The Balaban J connectivity index is 2.18. The van der Waals surface area contributed by atoms with Gasteiger partial charge in [-0.05, 0) is 23.3 Å². The summed E-state index contributed by atoms with van der Waals surface area (Å²) in [5.74, 6) is -0.314. The second-order valence-electron chi connectivity index (χ2n) is 2.98. The van der Waals surface area contributed by atoms with Gasteiger partial charge in [0.05, 0.1) is 12.4 Å². The maximum atomic E-state index is 10.7. The first-order valence-electron chi connectivity index (χ1n) is 4.75. The summed E-state index contributed by atoms with van der Waals surface area (Å²) in [4.78, 5) is 22.7. The second-order valence-corrected chi connectivity index (χ2v) is 5.00. The van der Waals surface area contributed by atoms with Crippen molar-refractivity contribution in [1.29, 1.82) is 0 Å². The van der Waals surface area contributed by atoms with E-state index in [1.807, 2.05) is 6.92 Å². The number of carbonyl (C=O) groups is 1. The Morgan fingerprint density at radius 1 is 1.47 bits per heavy atom. The molecule has 0 amide bonds. The molecule has 0 spiro atoms. The summed E-state index contributed by atoms with van der Waals surface area (Å²) in [7, 11) is 0. The average molecular weight is 268 g/mol. The van der Waals surface area contributed by atoms with E-state index in [-0.39, 0.29) is 5.69 Å². The number of rotatable bonds is 4. The molecule has 2 rings (SSSR count). The Morgan fingerprint density at radius 2 is 2.29 bits per heavy atom. The van der Waals surface area contributed by atoms with Crippen molar-refractivity contribution in [3.05, 3.63) is 23.9 Å². The quantitative estimate of drug-likeness (QED) is 0.903. The van der Waals surface area contributed by atoms with E-state index < -0.39 is 5.97 Å². The molecule has 0 aromatic carbocycles. The van der Waals surface area contributed by atoms with Gasteiger partial charge >= 0.3 is 5.97 Å². The van der Waals surface area contributed by atoms with Gasteiger partial charge in [0.2, 0.25) is 0 Å². The van der Waals surface area contributed by atoms with Gasteiger partial charge in [-0.2, -0.15) is 4.37 Å². The molecule has 0 aliphatic heterocycles. The van der Waals surface area contributed by atoms with Crippen LogP contribution in [0.2, 0.25) is 0 Å². The first kappa shape index (κ1) is 11.9. The third-order valence-electron chi connectivity index (χ3n) is 1.79. The van der Waals surface area contributed by atoms with Crippen LogP contribution in [0.1, 0.15) is 23.2 Å². The van der Waals surface area contributed by atoms with Gasteiger partial charge in [0.15, 0.2) is 10.0 Å². The standard InChI is InChI=1S/C9H8N4O2S2/c1-2-6-12-9(17-13-6)16-7-4-10-3-5(11-7)8(14)15/h3-4H,2H2,1H3,(H,14,15). The Morgan fingerprint density at radius 3 is 2.94 bits per heavy atom. The van der Waals surface area contributed by atoms with E-state index in [0.717, 1.165) is 16.6 Å². The van der Waals surface area contributed by atoms with Gasteiger partial charge in [-0.1, -0.05) is 6.92 Å². The van der Waals surface area contributed by atoms with Gasteiger partial charge in [-0.3, -0.25) is 4.98 Å². The molecule has 1 N–H and O–H groups in total. The molecule has 0 saturated carbocycles. The molecule has 8 heteroatoms. The maximum Gasteiger partial charge on any atom is 0.356 e. The molecule has 0 unspecified atom stereocenters. The number of aromatic carboxylic acids is 1. The van der Waals surface area contributed by atoms with Crippen molar-refractivity contribution in [2.45, 2.75) is 22.7 Å². The zero-order valence-corrected chi connectivity index (χ0v) is 10.5. The van der Waals surface area contributed by atoms with E-state index in [4.69, 9.17) is 5.11 Å². The van der Waals surface area contributed by atoms with Crippen molar-refractivity contribution in [3.8, 4) is 0 Å². The molecule has 88 valence electrons. The maximum absolute atomic E-state index is 10.7. The molecule has 0 bridgehead atoms. The van der Waals surface area contributed by atoms with Gasteiger partial charge in [-0.15, -0.1) is 0 Å². The first-order chi connectivity index (χ1) is 8.19. The number of hydrogen-bond acceptors (Lipinski definition) is 7. The van der Waals surface area contributed by atoms with E-state index in [2.05, 4.69) is 19.3 Å². The fraction of sp³-hybridized carbons (Fsp3) is 0.222. The predicted molar refractivity (Wildman–Crippen MR) is 62.4 cm³/mol. The van der Waals surface area contributed by atoms with Crippen LogP contribution in [0.4, 0.5) is 0 Å². The van der Waals surface area contributed by atoms with Crippen molar-refractivity contribution in [3.63, 3.8) is 0 Å². The fourth-order valence-electron chi connectivity index (χ4n) is 1.01. The molecule has 17 heavy (non-hydrogen) atoms. The smallest absolute Gasteiger partial charge is 0.356 e. The zero-order valence-electron chi connectivity index (χ0n) is 8.82. The predicted octanol–water partition coefficient (Wildman–Crippen LogP) is 1.74. The second kappa shape index (κ2) is 5.19. The number of aromatic nitrogens is 4. The summed E-state index contributed by atoms with van der Waals surface area (Å²) in [5, 5.41) is 9.28. The molecule has 2 heterocycles. The number of aryl methyl sites for hydroxylation is 1. The highest BCUT2D eigenvalue weighted by molar-refractivity contribution is 8.00. The van der Waals surface area contributed by atoms with Crippen LogP contribution < -0.4 is 0 Å². The Hall–Kier alpha value is -1.54. The molecule has 0 atom stereocenters. The molecule has 0 aliphatic rings. The minimum atomic E-state index is -1.09. The van der Waals surface area contributed by atoms with Crippen LogP contribution >= 0.6 is 23.3 Å². The van der Waals surface area contributed by atoms with E-state index >= 15 is 0 Å². The Bertz CT molecular complexity index is 543. The Kier molecular flexibility index (Phi) is 3.64. The number of carboxylic acid groups (broad SMARTS) is 1. The van der Waals surface area contributed by atoms with Crippen LogP contribution in [0.25, 0.3) is 0 Å². The van der Waals surface area contributed by atoms with Gasteiger partial charge in [0.1, 0.15) is 10.9 Å². The van der Waals surface area contributed by atoms with Gasteiger partial charge < -0.3 is 5.11 Å². The molecule has 2 aromatic rings. The molecule has 0 radical (unpaired) electrons. The van der Waals surface area contributed by atoms with Gasteiger partial charge in [-0.25, -0.2) is 14.8 Å². The minimum absolute atomic E-state index is 0.0739. The summed E-state index contributed by atoms with van der Waals surface area (Å²) in [6, 6.07) is 0. The molecule has 0 fully saturated rings. The number of nitrogens with zero attached hydrogens (tertiary/aromatic N) is 4. The van der Waals surface area contributed by atoms with Crippen molar-refractivity contribution in [1.82, 2.24) is 19.3 Å². The van der Waals surface area contributed by atoms with Crippen LogP contribution in [-0.4, -0.2) is 30.4 Å². The van der Waals surface area contributed by atoms with Crippen molar-refractivity contribution in [2.24, 2.45) is 0 Å². The van der Waals surface area contributed by atoms with Gasteiger partial charge in [0, 0.05) is 6.42 Å². The highest BCUT2D eigenvalue weighted by Gasteiger charge is 2.09. The van der Waals surface area contributed by atoms with E-state index in [1.54, 1.807) is 0 Å². The van der Waals surface area contributed by atoms with Crippen molar-refractivity contribution < 1.29 is 9.90 Å². The molecule has 6 nitrogen and oxygen atoms in total. The normalized spacial score (nSPS) is 10.4. The topological polar surface area (TPSA) is 88.9 Å². The highest BCUT2D eigenvalue weighted by Crippen LogP contribution is 2.26. The SMILES string of the molecule is CCc1nsc(Sc2cncc(C(=O)O)n2)n1. The van der Waals surface area contributed by atoms with Crippen LogP contribution in [0, 0.1) is 0 Å². The zero-order chi connectivity index (χ0) is 12.3. The average Bonchev–Trinajstić information content (AvgIpc) is 2.77. The van der Waals surface area contributed by atoms with Crippen molar-refractivity contribution in [2.75, 3.05) is 0 Å². The van der Waals surface area contributed by atoms with Gasteiger partial charge in [0.25, 0.3) is 0 Å². The summed E-state index contributed by atoms with van der Waals surface area (Å²) in [5.41, 5.74) is -0.0739. The minimum Gasteiger partial charge on any atom is -0.476 e. The lowest BCUT2D eigenvalue weighted by Crippen LogP contribution is -2.01. The lowest BCUT2D eigenvalue weighted by Gasteiger charge is -1.97. The fourth-order valence-corrected chi connectivity index (χ4v) is 2.62. The highest BCUT2D eigenvalue weighted by atomic mass is 32.2. The Labute approximate surface area is 105 Å². The monoisotopic (exact) mass is 268 g/mol. The number of hydrogen-bond donors (Lipinski definition) is 1.